The summed E-state index contributed by atoms with van der Waals surface area (Å²) < 4.78 is 45.6. The number of aromatic nitrogens is 2. The summed E-state index contributed by atoms with van der Waals surface area (Å²) >= 11 is 0. The van der Waals surface area contributed by atoms with Crippen molar-refractivity contribution in [2.24, 2.45) is 0 Å². The van der Waals surface area contributed by atoms with E-state index >= 15 is 0 Å². The Bertz CT molecular complexity index is 1010. The van der Waals surface area contributed by atoms with E-state index in [1.54, 1.807) is 4.90 Å². The molecule has 2 aliphatic rings. The number of carbonyl (C=O) groups is 1. The minimum Gasteiger partial charge on any atom is -0.444 e. The normalized spacial score (nSPS) is 17.2. The van der Waals surface area contributed by atoms with Crippen LogP contribution in [0.15, 0.2) is 18.2 Å². The molecule has 180 valence electrons. The zero-order valence-corrected chi connectivity index (χ0v) is 19.1. The molecule has 1 saturated heterocycles. The minimum absolute atomic E-state index is 0.00298. The summed E-state index contributed by atoms with van der Waals surface area (Å²) in [5, 5.41) is 4.72. The van der Waals surface area contributed by atoms with Gasteiger partial charge in [-0.3, -0.25) is 4.68 Å². The fourth-order valence-electron chi connectivity index (χ4n) is 4.13. The lowest BCUT2D eigenvalue weighted by molar-refractivity contribution is 0.0220. The first-order valence-corrected chi connectivity index (χ1v) is 11.1. The Kier molecular flexibility index (Phi) is 6.47. The second kappa shape index (κ2) is 9.17. The third-order valence-corrected chi connectivity index (χ3v) is 5.75. The predicted octanol–water partition coefficient (Wildman–Crippen LogP) is 4.84. The maximum atomic E-state index is 13.3. The number of alkyl halides is 2. The van der Waals surface area contributed by atoms with Crippen LogP contribution in [0.2, 0.25) is 0 Å². The lowest BCUT2D eigenvalue weighted by atomic mass is 10.1. The molecule has 1 amide bonds. The van der Waals surface area contributed by atoms with Gasteiger partial charge in [0.1, 0.15) is 11.4 Å². The molecule has 0 aliphatic carbocycles. The molecule has 1 aromatic heterocycles. The highest BCUT2D eigenvalue weighted by Gasteiger charge is 2.33. The number of fused-ring (bicyclic) bond motifs is 1. The lowest BCUT2D eigenvalue weighted by Crippen LogP contribution is -2.40. The quantitative estimate of drug-likeness (QED) is 0.651. The molecule has 8 nitrogen and oxygen atoms in total. The molecular formula is C23H30F2N4O4. The van der Waals surface area contributed by atoms with Crippen LogP contribution in [-0.2, 0) is 22.4 Å². The van der Waals surface area contributed by atoms with Gasteiger partial charge in [0.2, 0.25) is 5.88 Å². The molecule has 0 saturated carbocycles. The van der Waals surface area contributed by atoms with Crippen LogP contribution in [0, 0.1) is 0 Å². The minimum atomic E-state index is -2.72. The Morgan fingerprint density at radius 3 is 2.67 bits per heavy atom. The summed E-state index contributed by atoms with van der Waals surface area (Å²) in [7, 11) is 0. The summed E-state index contributed by atoms with van der Waals surface area (Å²) in [6.45, 7) is 7.51. The molecule has 0 unspecified atom stereocenters. The highest BCUT2D eigenvalue weighted by molar-refractivity contribution is 5.69. The van der Waals surface area contributed by atoms with E-state index in [0.29, 0.717) is 32.1 Å². The number of nitrogens with zero attached hydrogens (tertiary/aromatic N) is 3. The number of benzene rings is 1. The molecule has 2 aromatic rings. The number of rotatable bonds is 4. The van der Waals surface area contributed by atoms with Gasteiger partial charge in [-0.15, -0.1) is 5.10 Å². The van der Waals surface area contributed by atoms with Gasteiger partial charge in [-0.1, -0.05) is 0 Å². The SMILES string of the molecule is CC(C)(C)OC(=O)N1CCc2c(c(Oc3ccc(N)c(C(F)F)c3)nn2C2CCOCC2)C1. The second-order valence-corrected chi connectivity index (χ2v) is 9.36. The monoisotopic (exact) mass is 464 g/mol. The molecular weight excluding hydrogens is 434 g/mol. The van der Waals surface area contributed by atoms with Crippen molar-refractivity contribution in [3.05, 3.63) is 35.0 Å². The third kappa shape index (κ3) is 5.21. The molecule has 33 heavy (non-hydrogen) atoms. The van der Waals surface area contributed by atoms with Gasteiger partial charge in [0.25, 0.3) is 6.43 Å². The highest BCUT2D eigenvalue weighted by Crippen LogP contribution is 2.37. The number of nitrogens with two attached hydrogens (primary N) is 1. The van der Waals surface area contributed by atoms with E-state index in [9.17, 15) is 13.6 Å². The highest BCUT2D eigenvalue weighted by atomic mass is 19.3. The van der Waals surface area contributed by atoms with E-state index in [0.717, 1.165) is 24.1 Å². The van der Waals surface area contributed by atoms with Crippen molar-refractivity contribution in [2.45, 2.75) is 64.6 Å². The van der Waals surface area contributed by atoms with Crippen molar-refractivity contribution in [3.63, 3.8) is 0 Å². The molecule has 0 bridgehead atoms. The van der Waals surface area contributed by atoms with Crippen LogP contribution in [-0.4, -0.2) is 46.1 Å². The third-order valence-electron chi connectivity index (χ3n) is 5.75. The first-order valence-electron chi connectivity index (χ1n) is 11.1. The van der Waals surface area contributed by atoms with Gasteiger partial charge >= 0.3 is 6.09 Å². The van der Waals surface area contributed by atoms with E-state index < -0.39 is 18.1 Å². The lowest BCUT2D eigenvalue weighted by Gasteiger charge is -2.31. The number of halogens is 2. The maximum absolute atomic E-state index is 13.3. The van der Waals surface area contributed by atoms with Gasteiger partial charge in [-0.05, 0) is 51.8 Å². The number of carbonyl (C=O) groups excluding carboxylic acids is 1. The van der Waals surface area contributed by atoms with Crippen molar-refractivity contribution in [1.29, 1.82) is 0 Å². The van der Waals surface area contributed by atoms with E-state index in [4.69, 9.17) is 25.0 Å². The Morgan fingerprint density at radius 1 is 1.27 bits per heavy atom. The Hall–Kier alpha value is -2.88. The molecule has 0 spiro atoms. The van der Waals surface area contributed by atoms with Crippen LogP contribution in [0.1, 0.15) is 62.9 Å². The molecule has 3 heterocycles. The summed E-state index contributed by atoms with van der Waals surface area (Å²) in [5.41, 5.74) is 6.52. The molecule has 4 rings (SSSR count). The molecule has 2 aliphatic heterocycles. The number of ether oxygens (including phenoxy) is 3. The fourth-order valence-corrected chi connectivity index (χ4v) is 4.13. The number of amides is 1. The van der Waals surface area contributed by atoms with Crippen LogP contribution < -0.4 is 10.5 Å². The van der Waals surface area contributed by atoms with E-state index in [-0.39, 0.29) is 29.6 Å². The largest absolute Gasteiger partial charge is 0.444 e. The van der Waals surface area contributed by atoms with Crippen LogP contribution in [0.3, 0.4) is 0 Å². The van der Waals surface area contributed by atoms with Crippen molar-refractivity contribution in [1.82, 2.24) is 14.7 Å². The average Bonchev–Trinajstić information content (AvgIpc) is 3.12. The van der Waals surface area contributed by atoms with Crippen molar-refractivity contribution >= 4 is 11.8 Å². The smallest absolute Gasteiger partial charge is 0.410 e. The molecule has 1 aromatic carbocycles. The second-order valence-electron chi connectivity index (χ2n) is 9.36. The van der Waals surface area contributed by atoms with Gasteiger partial charge in [0.15, 0.2) is 0 Å². The van der Waals surface area contributed by atoms with E-state index in [2.05, 4.69) is 0 Å². The standard InChI is InChI=1S/C23H30F2N4O4/c1-23(2,3)33-22(30)28-9-6-19-17(13-28)21(27-29(19)14-7-10-31-11-8-14)32-15-4-5-18(26)16(12-15)20(24)25/h4-5,12,14,20H,6-11,13,26H2,1-3H3. The number of hydrogen-bond acceptors (Lipinski definition) is 6. The zero-order chi connectivity index (χ0) is 23.8. The van der Waals surface area contributed by atoms with Crippen LogP contribution in [0.4, 0.5) is 19.3 Å². The fraction of sp³-hybridized carbons (Fsp3) is 0.565. The van der Waals surface area contributed by atoms with Gasteiger partial charge in [0.05, 0.1) is 18.2 Å². The van der Waals surface area contributed by atoms with Crippen molar-refractivity contribution < 1.29 is 27.8 Å². The van der Waals surface area contributed by atoms with Crippen LogP contribution >= 0.6 is 0 Å². The number of hydrogen-bond donors (Lipinski definition) is 1. The molecule has 1 fully saturated rings. The summed E-state index contributed by atoms with van der Waals surface area (Å²) in [4.78, 5) is 14.3. The summed E-state index contributed by atoms with van der Waals surface area (Å²) in [5.74, 6) is 0.517. The zero-order valence-electron chi connectivity index (χ0n) is 19.1. The number of anilines is 1. The first-order chi connectivity index (χ1) is 15.6. The summed E-state index contributed by atoms with van der Waals surface area (Å²) in [6.07, 6.45) is -0.899. The molecule has 2 N–H and O–H groups in total. The van der Waals surface area contributed by atoms with Gasteiger partial charge < -0.3 is 24.8 Å². The van der Waals surface area contributed by atoms with Crippen molar-refractivity contribution in [3.8, 4) is 11.6 Å². The van der Waals surface area contributed by atoms with Crippen molar-refractivity contribution in [2.75, 3.05) is 25.5 Å². The topological polar surface area (TPSA) is 91.8 Å². The van der Waals surface area contributed by atoms with Crippen LogP contribution in [0.25, 0.3) is 0 Å². The van der Waals surface area contributed by atoms with E-state index in [1.165, 1.54) is 18.2 Å². The predicted molar refractivity (Wildman–Crippen MR) is 118 cm³/mol. The summed E-state index contributed by atoms with van der Waals surface area (Å²) in [6, 6.07) is 4.32. The van der Waals surface area contributed by atoms with Gasteiger partial charge in [-0.25, -0.2) is 13.6 Å². The molecule has 0 atom stereocenters. The first kappa shape index (κ1) is 23.3. The number of nitrogen functional groups attached to an aromatic ring is 1. The Morgan fingerprint density at radius 2 is 2.00 bits per heavy atom. The Balaban J connectivity index is 1.66. The van der Waals surface area contributed by atoms with Crippen LogP contribution in [0.5, 0.6) is 11.6 Å². The maximum Gasteiger partial charge on any atom is 0.410 e. The van der Waals surface area contributed by atoms with E-state index in [1.807, 2.05) is 25.5 Å². The molecule has 0 radical (unpaired) electrons. The average molecular weight is 465 g/mol. The van der Waals surface area contributed by atoms with Gasteiger partial charge in [-0.2, -0.15) is 0 Å². The Labute approximate surface area is 191 Å². The molecule has 10 heteroatoms. The van der Waals surface area contributed by atoms with Gasteiger partial charge in [0, 0.05) is 43.1 Å².